The fraction of sp³-hybridized carbons (Fsp3) is 0.273. The predicted molar refractivity (Wildman–Crippen MR) is 111 cm³/mol. The summed E-state index contributed by atoms with van der Waals surface area (Å²) in [4.78, 5) is 13.0. The van der Waals surface area contributed by atoms with E-state index in [4.69, 9.17) is 19.3 Å². The molecule has 1 amide bonds. The zero-order valence-corrected chi connectivity index (χ0v) is 17.0. The molecule has 3 aromatic rings. The summed E-state index contributed by atoms with van der Waals surface area (Å²) in [6.45, 7) is 2.30. The Bertz CT molecular complexity index is 969. The van der Waals surface area contributed by atoms with E-state index in [-0.39, 0.29) is 11.9 Å². The van der Waals surface area contributed by atoms with Crippen molar-refractivity contribution in [3.05, 3.63) is 60.3 Å². The quantitative estimate of drug-likeness (QED) is 0.633. The Kier molecular flexibility index (Phi) is 6.51. The van der Waals surface area contributed by atoms with E-state index in [1.807, 2.05) is 43.3 Å². The van der Waals surface area contributed by atoms with Crippen molar-refractivity contribution < 1.29 is 19.0 Å². The molecule has 1 N–H and O–H groups in total. The van der Waals surface area contributed by atoms with Crippen LogP contribution in [0.25, 0.3) is 16.9 Å². The smallest absolute Gasteiger partial charge is 0.255 e. The number of para-hydroxylation sites is 1. The number of carbonyl (C=O) groups is 1. The molecule has 0 bridgehead atoms. The third-order valence-corrected chi connectivity index (χ3v) is 4.44. The van der Waals surface area contributed by atoms with Crippen molar-refractivity contribution in [3.63, 3.8) is 0 Å². The third kappa shape index (κ3) is 4.57. The van der Waals surface area contributed by atoms with E-state index < -0.39 is 0 Å². The number of benzene rings is 2. The molecule has 1 aromatic heterocycles. The zero-order chi connectivity index (χ0) is 20.8. The number of hydrogen-bond donors (Lipinski definition) is 1. The van der Waals surface area contributed by atoms with Gasteiger partial charge in [0.15, 0.2) is 0 Å². The number of hydrogen-bond acceptors (Lipinski definition) is 5. The Labute approximate surface area is 170 Å². The van der Waals surface area contributed by atoms with Gasteiger partial charge in [-0.1, -0.05) is 18.2 Å². The standard InChI is InChI=1S/C22H25N3O4/c1-15(14-27-2)23-22(26)19-13-25(16-8-6-5-7-9-16)24-21(19)18-12-17(28-3)10-11-20(18)29-4/h5-13,15H,14H2,1-4H3,(H,23,26). The molecule has 0 aliphatic heterocycles. The highest BCUT2D eigenvalue weighted by Crippen LogP contribution is 2.35. The van der Waals surface area contributed by atoms with Gasteiger partial charge in [0.05, 0.1) is 32.1 Å². The molecule has 0 saturated carbocycles. The van der Waals surface area contributed by atoms with E-state index in [9.17, 15) is 4.79 Å². The minimum atomic E-state index is -0.239. The maximum Gasteiger partial charge on any atom is 0.255 e. The molecule has 152 valence electrons. The molecule has 1 unspecified atom stereocenters. The summed E-state index contributed by atoms with van der Waals surface area (Å²) in [5, 5.41) is 7.65. The van der Waals surface area contributed by atoms with Crippen LogP contribution in [0.1, 0.15) is 17.3 Å². The SMILES string of the molecule is COCC(C)NC(=O)c1cn(-c2ccccc2)nc1-c1cc(OC)ccc1OC. The van der Waals surface area contributed by atoms with Gasteiger partial charge in [-0.25, -0.2) is 4.68 Å². The van der Waals surface area contributed by atoms with Crippen LogP contribution >= 0.6 is 0 Å². The average molecular weight is 395 g/mol. The Hall–Kier alpha value is -3.32. The molecule has 29 heavy (non-hydrogen) atoms. The van der Waals surface area contributed by atoms with Crippen LogP contribution in [0, 0.1) is 0 Å². The lowest BCUT2D eigenvalue weighted by atomic mass is 10.1. The summed E-state index contributed by atoms with van der Waals surface area (Å²) in [5.41, 5.74) is 2.46. The Balaban J connectivity index is 2.12. The number of methoxy groups -OCH3 is 3. The second-order valence-corrected chi connectivity index (χ2v) is 6.57. The highest BCUT2D eigenvalue weighted by atomic mass is 16.5. The van der Waals surface area contributed by atoms with Gasteiger partial charge in [-0.2, -0.15) is 5.10 Å². The largest absolute Gasteiger partial charge is 0.497 e. The highest BCUT2D eigenvalue weighted by molar-refractivity contribution is 6.00. The first-order valence-electron chi connectivity index (χ1n) is 9.24. The van der Waals surface area contributed by atoms with Crippen molar-refractivity contribution in [2.45, 2.75) is 13.0 Å². The lowest BCUT2D eigenvalue weighted by molar-refractivity contribution is 0.0906. The Morgan fingerprint density at radius 3 is 2.52 bits per heavy atom. The van der Waals surface area contributed by atoms with Crippen LogP contribution in [0.15, 0.2) is 54.7 Å². The molecule has 2 aromatic carbocycles. The molecular weight excluding hydrogens is 370 g/mol. The Morgan fingerprint density at radius 2 is 1.86 bits per heavy atom. The van der Waals surface area contributed by atoms with Gasteiger partial charge in [0.2, 0.25) is 0 Å². The normalized spacial score (nSPS) is 11.7. The highest BCUT2D eigenvalue weighted by Gasteiger charge is 2.23. The van der Waals surface area contributed by atoms with Crippen molar-refractivity contribution in [2.75, 3.05) is 27.9 Å². The summed E-state index contributed by atoms with van der Waals surface area (Å²) in [6, 6.07) is 14.9. The molecule has 0 radical (unpaired) electrons. The van der Waals surface area contributed by atoms with Crippen LogP contribution in [-0.4, -0.2) is 49.7 Å². The molecule has 7 heteroatoms. The molecule has 3 rings (SSSR count). The topological polar surface area (TPSA) is 74.6 Å². The van der Waals surface area contributed by atoms with Crippen LogP contribution < -0.4 is 14.8 Å². The fourth-order valence-electron chi connectivity index (χ4n) is 3.04. The second kappa shape index (κ2) is 9.25. The molecule has 7 nitrogen and oxygen atoms in total. The lowest BCUT2D eigenvalue weighted by Crippen LogP contribution is -2.35. The van der Waals surface area contributed by atoms with Crippen LogP contribution in [-0.2, 0) is 4.74 Å². The van der Waals surface area contributed by atoms with Crippen LogP contribution in [0.3, 0.4) is 0 Å². The summed E-state index contributed by atoms with van der Waals surface area (Å²) < 4.78 is 17.7. The lowest BCUT2D eigenvalue weighted by Gasteiger charge is -2.13. The van der Waals surface area contributed by atoms with Gasteiger partial charge in [0.1, 0.15) is 17.2 Å². The molecule has 0 aliphatic carbocycles. The summed E-state index contributed by atoms with van der Waals surface area (Å²) in [7, 11) is 4.77. The van der Waals surface area contributed by atoms with Crippen molar-refractivity contribution in [2.24, 2.45) is 0 Å². The minimum absolute atomic E-state index is 0.146. The van der Waals surface area contributed by atoms with Gasteiger partial charge >= 0.3 is 0 Å². The fourth-order valence-corrected chi connectivity index (χ4v) is 3.04. The first-order valence-corrected chi connectivity index (χ1v) is 9.24. The van der Waals surface area contributed by atoms with Gasteiger partial charge in [0.25, 0.3) is 5.91 Å². The molecular formula is C22H25N3O4. The molecule has 1 atom stereocenters. The van der Waals surface area contributed by atoms with Crippen LogP contribution in [0.2, 0.25) is 0 Å². The van der Waals surface area contributed by atoms with E-state index in [1.54, 1.807) is 44.3 Å². The van der Waals surface area contributed by atoms with Gasteiger partial charge in [-0.15, -0.1) is 0 Å². The molecule has 1 heterocycles. The Morgan fingerprint density at radius 1 is 1.10 bits per heavy atom. The van der Waals surface area contributed by atoms with Gasteiger partial charge in [0, 0.05) is 24.9 Å². The number of aromatic nitrogens is 2. The predicted octanol–water partition coefficient (Wildman–Crippen LogP) is 3.32. The number of carbonyl (C=O) groups excluding carboxylic acids is 1. The number of rotatable bonds is 8. The maximum atomic E-state index is 13.0. The van der Waals surface area contributed by atoms with E-state index in [2.05, 4.69) is 5.32 Å². The molecule has 0 saturated heterocycles. The monoisotopic (exact) mass is 395 g/mol. The van der Waals surface area contributed by atoms with Gasteiger partial charge < -0.3 is 19.5 Å². The summed E-state index contributed by atoms with van der Waals surface area (Å²) in [6.07, 6.45) is 1.72. The van der Waals surface area contributed by atoms with Gasteiger partial charge in [-0.3, -0.25) is 4.79 Å². The number of amides is 1. The van der Waals surface area contributed by atoms with Crippen molar-refractivity contribution in [3.8, 4) is 28.4 Å². The van der Waals surface area contributed by atoms with E-state index in [1.165, 1.54) is 0 Å². The molecule has 0 fully saturated rings. The van der Waals surface area contributed by atoms with Gasteiger partial charge in [-0.05, 0) is 37.3 Å². The third-order valence-electron chi connectivity index (χ3n) is 4.44. The van der Waals surface area contributed by atoms with E-state index in [0.717, 1.165) is 5.69 Å². The molecule has 0 aliphatic rings. The van der Waals surface area contributed by atoms with Crippen molar-refractivity contribution >= 4 is 5.91 Å². The van der Waals surface area contributed by atoms with Crippen molar-refractivity contribution in [1.29, 1.82) is 0 Å². The number of nitrogens with zero attached hydrogens (tertiary/aromatic N) is 2. The van der Waals surface area contributed by atoms with Crippen LogP contribution in [0.5, 0.6) is 11.5 Å². The number of ether oxygens (including phenoxy) is 3. The zero-order valence-electron chi connectivity index (χ0n) is 17.0. The first kappa shape index (κ1) is 20.4. The van der Waals surface area contributed by atoms with E-state index in [0.29, 0.717) is 34.9 Å². The minimum Gasteiger partial charge on any atom is -0.497 e. The van der Waals surface area contributed by atoms with E-state index >= 15 is 0 Å². The van der Waals surface area contributed by atoms with Crippen molar-refractivity contribution in [1.82, 2.24) is 15.1 Å². The second-order valence-electron chi connectivity index (χ2n) is 6.57. The summed E-state index contributed by atoms with van der Waals surface area (Å²) in [5.74, 6) is 1.01. The molecule has 0 spiro atoms. The maximum absolute atomic E-state index is 13.0. The van der Waals surface area contributed by atoms with Crippen LogP contribution in [0.4, 0.5) is 0 Å². The average Bonchev–Trinajstić information content (AvgIpc) is 3.19. The first-order chi connectivity index (χ1) is 14.1. The number of nitrogens with one attached hydrogen (secondary N) is 1. The summed E-state index contributed by atoms with van der Waals surface area (Å²) >= 11 is 0.